The van der Waals surface area contributed by atoms with E-state index in [-0.39, 0.29) is 11.8 Å². The van der Waals surface area contributed by atoms with Crippen molar-refractivity contribution in [3.8, 4) is 5.75 Å². The molecule has 2 aromatic rings. The molecule has 1 unspecified atom stereocenters. The largest absolute Gasteiger partial charge is 0.492 e. The molecule has 0 N–H and O–H groups in total. The van der Waals surface area contributed by atoms with Crippen LogP contribution in [0.3, 0.4) is 0 Å². The number of anilines is 1. The highest BCUT2D eigenvalue weighted by Gasteiger charge is 2.38. The van der Waals surface area contributed by atoms with E-state index in [0.29, 0.717) is 38.4 Å². The average Bonchev–Trinajstić information content (AvgIpc) is 3.46. The van der Waals surface area contributed by atoms with Gasteiger partial charge in [-0.3, -0.25) is 9.59 Å². The monoisotopic (exact) mass is 397 g/mol. The van der Waals surface area contributed by atoms with Crippen LogP contribution in [0.25, 0.3) is 0 Å². The second kappa shape index (κ2) is 8.59. The van der Waals surface area contributed by atoms with E-state index in [9.17, 15) is 9.59 Å². The fraction of sp³-hybridized carbons (Fsp3) is 0.455. The van der Waals surface area contributed by atoms with Crippen molar-refractivity contribution in [2.45, 2.75) is 25.8 Å². The summed E-state index contributed by atoms with van der Waals surface area (Å²) in [5, 5.41) is 0. The molecular weight excluding hydrogens is 370 g/mol. The first-order valence-corrected chi connectivity index (χ1v) is 10.3. The molecule has 0 radical (unpaired) electrons. The van der Waals surface area contributed by atoms with Crippen LogP contribution in [-0.4, -0.2) is 67.0 Å². The molecule has 2 fully saturated rings. The third-order valence-electron chi connectivity index (χ3n) is 5.63. The van der Waals surface area contributed by atoms with Gasteiger partial charge < -0.3 is 23.9 Å². The Hall–Kier alpha value is -2.96. The van der Waals surface area contributed by atoms with Gasteiger partial charge in [-0.05, 0) is 44.0 Å². The number of hydrogen-bond donors (Lipinski definition) is 0. The first-order chi connectivity index (χ1) is 14.2. The van der Waals surface area contributed by atoms with Crippen molar-refractivity contribution in [2.75, 3.05) is 44.2 Å². The Balaban J connectivity index is 1.39. The van der Waals surface area contributed by atoms with Crippen molar-refractivity contribution in [1.29, 1.82) is 0 Å². The number of amides is 2. The summed E-state index contributed by atoms with van der Waals surface area (Å²) in [5.41, 5.74) is 1.07. The second-order valence-electron chi connectivity index (χ2n) is 7.35. The highest BCUT2D eigenvalue weighted by Crippen LogP contribution is 2.29. The van der Waals surface area contributed by atoms with Crippen LogP contribution in [0.2, 0.25) is 0 Å². The van der Waals surface area contributed by atoms with Crippen LogP contribution < -0.4 is 9.64 Å². The highest BCUT2D eigenvalue weighted by molar-refractivity contribution is 5.96. The lowest BCUT2D eigenvalue weighted by molar-refractivity contribution is -0.135. The maximum absolute atomic E-state index is 13.2. The molecule has 4 rings (SSSR count). The minimum atomic E-state index is -0.394. The molecule has 0 bridgehead atoms. The van der Waals surface area contributed by atoms with Gasteiger partial charge in [-0.1, -0.05) is 12.1 Å². The van der Waals surface area contributed by atoms with E-state index in [1.54, 1.807) is 17.0 Å². The van der Waals surface area contributed by atoms with E-state index in [1.807, 2.05) is 30.0 Å². The number of furan rings is 1. The third-order valence-corrected chi connectivity index (χ3v) is 5.63. The van der Waals surface area contributed by atoms with E-state index in [4.69, 9.17) is 9.15 Å². The van der Waals surface area contributed by atoms with Gasteiger partial charge >= 0.3 is 0 Å². The molecule has 0 spiro atoms. The van der Waals surface area contributed by atoms with Gasteiger partial charge in [0, 0.05) is 32.7 Å². The number of piperazine rings is 1. The summed E-state index contributed by atoms with van der Waals surface area (Å²) in [6.45, 7) is 5.96. The van der Waals surface area contributed by atoms with Crippen LogP contribution in [0.15, 0.2) is 47.1 Å². The van der Waals surface area contributed by atoms with Crippen molar-refractivity contribution in [3.63, 3.8) is 0 Å². The van der Waals surface area contributed by atoms with E-state index in [1.165, 1.54) is 6.26 Å². The van der Waals surface area contributed by atoms with Gasteiger partial charge in [0.25, 0.3) is 5.91 Å². The molecule has 1 atom stereocenters. The zero-order valence-electron chi connectivity index (χ0n) is 16.8. The molecule has 1 aromatic carbocycles. The van der Waals surface area contributed by atoms with Gasteiger partial charge in [0.05, 0.1) is 18.6 Å². The lowest BCUT2D eigenvalue weighted by atomic mass is 10.1. The maximum Gasteiger partial charge on any atom is 0.290 e. The predicted molar refractivity (Wildman–Crippen MR) is 109 cm³/mol. The van der Waals surface area contributed by atoms with Crippen LogP contribution >= 0.6 is 0 Å². The van der Waals surface area contributed by atoms with Gasteiger partial charge in [-0.2, -0.15) is 0 Å². The summed E-state index contributed by atoms with van der Waals surface area (Å²) in [6.07, 6.45) is 3.03. The van der Waals surface area contributed by atoms with E-state index >= 15 is 0 Å². The fourth-order valence-electron chi connectivity index (χ4n) is 4.18. The van der Waals surface area contributed by atoms with Gasteiger partial charge in [-0.15, -0.1) is 0 Å². The summed E-state index contributed by atoms with van der Waals surface area (Å²) >= 11 is 0. The first-order valence-electron chi connectivity index (χ1n) is 10.3. The predicted octanol–water partition coefficient (Wildman–Crippen LogP) is 2.63. The minimum absolute atomic E-state index is 0.0418. The molecule has 2 aliphatic heterocycles. The van der Waals surface area contributed by atoms with E-state index < -0.39 is 6.04 Å². The standard InChI is InChI=1S/C22H27N3O4/c1-2-28-19-9-4-3-7-17(19)23-12-14-24(15-13-23)21(26)18-8-5-11-25(18)22(27)20-10-6-16-29-20/h3-4,6-7,9-10,16,18H,2,5,8,11-15H2,1H3. The van der Waals surface area contributed by atoms with Gasteiger partial charge in [0.2, 0.25) is 5.91 Å². The molecule has 7 heteroatoms. The van der Waals surface area contributed by atoms with Crippen LogP contribution in [0.4, 0.5) is 5.69 Å². The maximum atomic E-state index is 13.2. The van der Waals surface area contributed by atoms with Crippen molar-refractivity contribution >= 4 is 17.5 Å². The van der Waals surface area contributed by atoms with Crippen molar-refractivity contribution < 1.29 is 18.7 Å². The lowest BCUT2D eigenvalue weighted by Crippen LogP contribution is -2.54. The number of hydrogen-bond acceptors (Lipinski definition) is 5. The molecule has 0 aliphatic carbocycles. The van der Waals surface area contributed by atoms with Crippen LogP contribution in [0.1, 0.15) is 30.3 Å². The average molecular weight is 397 g/mol. The Labute approximate surface area is 170 Å². The normalized spacial score (nSPS) is 19.5. The SMILES string of the molecule is CCOc1ccccc1N1CCN(C(=O)C2CCCN2C(=O)c2ccco2)CC1. The Morgan fingerprint density at radius 2 is 1.86 bits per heavy atom. The zero-order chi connectivity index (χ0) is 20.2. The minimum Gasteiger partial charge on any atom is -0.492 e. The lowest BCUT2D eigenvalue weighted by Gasteiger charge is -2.38. The molecule has 0 saturated carbocycles. The molecular formula is C22H27N3O4. The summed E-state index contributed by atoms with van der Waals surface area (Å²) in [5.74, 6) is 1.01. The fourth-order valence-corrected chi connectivity index (χ4v) is 4.18. The second-order valence-corrected chi connectivity index (χ2v) is 7.35. The molecule has 1 aromatic heterocycles. The smallest absolute Gasteiger partial charge is 0.290 e. The molecule has 7 nitrogen and oxygen atoms in total. The van der Waals surface area contributed by atoms with Crippen molar-refractivity contribution in [3.05, 3.63) is 48.4 Å². The molecule has 3 heterocycles. The van der Waals surface area contributed by atoms with Crippen molar-refractivity contribution in [2.24, 2.45) is 0 Å². The van der Waals surface area contributed by atoms with Gasteiger partial charge in [0.15, 0.2) is 5.76 Å². The number of benzene rings is 1. The zero-order valence-corrected chi connectivity index (χ0v) is 16.8. The first kappa shape index (κ1) is 19.4. The van der Waals surface area contributed by atoms with Gasteiger partial charge in [-0.25, -0.2) is 0 Å². The Kier molecular flexibility index (Phi) is 5.74. The number of para-hydroxylation sites is 2. The van der Waals surface area contributed by atoms with Crippen LogP contribution in [-0.2, 0) is 4.79 Å². The number of carbonyl (C=O) groups excluding carboxylic acids is 2. The number of ether oxygens (including phenoxy) is 1. The Morgan fingerprint density at radius 3 is 2.59 bits per heavy atom. The number of carbonyl (C=O) groups is 2. The molecule has 2 aliphatic rings. The van der Waals surface area contributed by atoms with Crippen LogP contribution in [0.5, 0.6) is 5.75 Å². The van der Waals surface area contributed by atoms with E-state index in [2.05, 4.69) is 11.0 Å². The Bertz CT molecular complexity index is 844. The summed E-state index contributed by atoms with van der Waals surface area (Å²) in [6, 6.07) is 11.0. The van der Waals surface area contributed by atoms with E-state index in [0.717, 1.165) is 30.9 Å². The number of likely N-dealkylation sites (tertiary alicyclic amines) is 1. The number of nitrogens with zero attached hydrogens (tertiary/aromatic N) is 3. The summed E-state index contributed by atoms with van der Waals surface area (Å²) in [4.78, 5) is 31.6. The van der Waals surface area contributed by atoms with Crippen LogP contribution in [0, 0.1) is 0 Å². The topological polar surface area (TPSA) is 66.2 Å². The quantitative estimate of drug-likeness (QED) is 0.776. The van der Waals surface area contributed by atoms with Gasteiger partial charge in [0.1, 0.15) is 11.8 Å². The third kappa shape index (κ3) is 3.95. The number of rotatable bonds is 5. The molecule has 29 heavy (non-hydrogen) atoms. The summed E-state index contributed by atoms with van der Waals surface area (Å²) in [7, 11) is 0. The molecule has 2 amide bonds. The molecule has 154 valence electrons. The summed E-state index contributed by atoms with van der Waals surface area (Å²) < 4.78 is 11.0. The molecule has 2 saturated heterocycles. The highest BCUT2D eigenvalue weighted by atomic mass is 16.5. The van der Waals surface area contributed by atoms with Crippen molar-refractivity contribution in [1.82, 2.24) is 9.80 Å². The Morgan fingerprint density at radius 1 is 1.07 bits per heavy atom.